The molecule has 1 saturated heterocycles. The Morgan fingerprint density at radius 2 is 1.68 bits per heavy atom. The van der Waals surface area contributed by atoms with Gasteiger partial charge in [-0.25, -0.2) is 0 Å². The molecule has 2 aliphatic heterocycles. The van der Waals surface area contributed by atoms with E-state index in [0.717, 1.165) is 18.5 Å². The molecule has 2 aliphatic rings. The third kappa shape index (κ3) is 4.57. The van der Waals surface area contributed by atoms with Crippen molar-refractivity contribution in [2.75, 3.05) is 60.7 Å². The molecule has 38 heavy (non-hydrogen) atoms. The summed E-state index contributed by atoms with van der Waals surface area (Å²) in [6.07, 6.45) is 0. The van der Waals surface area contributed by atoms with Crippen molar-refractivity contribution in [3.63, 3.8) is 0 Å². The van der Waals surface area contributed by atoms with Gasteiger partial charge in [0.05, 0.1) is 46.2 Å². The minimum atomic E-state index is -0.905. The van der Waals surface area contributed by atoms with Crippen molar-refractivity contribution in [3.8, 4) is 17.2 Å². The van der Waals surface area contributed by atoms with Crippen LogP contribution in [-0.2, 0) is 9.53 Å². The van der Waals surface area contributed by atoms with Crippen LogP contribution < -0.4 is 14.2 Å². The van der Waals surface area contributed by atoms with E-state index in [-0.39, 0.29) is 17.9 Å². The average molecular weight is 523 g/mol. The molecule has 10 nitrogen and oxygen atoms in total. The summed E-state index contributed by atoms with van der Waals surface area (Å²) in [5, 5.41) is 11.8. The van der Waals surface area contributed by atoms with Gasteiger partial charge < -0.3 is 33.4 Å². The fraction of sp³-hybridized carbons (Fsp3) is 0.357. The molecule has 3 aromatic rings. The second kappa shape index (κ2) is 10.8. The highest BCUT2D eigenvalue weighted by molar-refractivity contribution is 6.16. The summed E-state index contributed by atoms with van der Waals surface area (Å²) >= 11 is 0. The molecule has 3 heterocycles. The van der Waals surface area contributed by atoms with Gasteiger partial charge in [-0.2, -0.15) is 0 Å². The summed E-state index contributed by atoms with van der Waals surface area (Å²) in [5.74, 6) is -0.657. The van der Waals surface area contributed by atoms with Crippen LogP contribution in [0.5, 0.6) is 17.2 Å². The van der Waals surface area contributed by atoms with Crippen molar-refractivity contribution >= 4 is 22.7 Å². The summed E-state index contributed by atoms with van der Waals surface area (Å²) in [6, 6.07) is 11.3. The summed E-state index contributed by atoms with van der Waals surface area (Å²) in [5.41, 5.74) is 0.998. The van der Waals surface area contributed by atoms with Gasteiger partial charge >= 0.3 is 0 Å². The Kier molecular flexibility index (Phi) is 7.26. The molecule has 1 N–H and O–H groups in total. The topological polar surface area (TPSA) is 111 Å². The lowest BCUT2D eigenvalue weighted by molar-refractivity contribution is -0.129. The van der Waals surface area contributed by atoms with Crippen LogP contribution >= 0.6 is 0 Å². The van der Waals surface area contributed by atoms with Gasteiger partial charge in [0.1, 0.15) is 5.58 Å². The van der Waals surface area contributed by atoms with Crippen molar-refractivity contribution in [1.82, 2.24) is 9.80 Å². The molecule has 1 aromatic heterocycles. The lowest BCUT2D eigenvalue weighted by Gasteiger charge is -2.32. The number of carbonyl (C=O) groups is 2. The smallest absolute Gasteiger partial charge is 0.290 e. The van der Waals surface area contributed by atoms with Crippen LogP contribution in [0.25, 0.3) is 11.0 Å². The molecule has 0 aliphatic carbocycles. The number of hydrogen-bond acceptors (Lipinski definition) is 9. The number of amides is 1. The standard InChI is InChI=1S/C28H30N2O8/c1-34-21-15-18(16-22(35-2)27(21)36-3)24-23(25(31)20-14-17-6-4-5-7-19(17)38-20)26(32)28(33)30(24)9-8-29-10-12-37-13-11-29/h4-7,14-16,24,32H,8-13H2,1-3H3/t24-/m1/s1. The zero-order chi connectivity index (χ0) is 26.8. The number of carbonyl (C=O) groups excluding carboxylic acids is 2. The second-order valence-corrected chi connectivity index (χ2v) is 9.05. The number of ether oxygens (including phenoxy) is 4. The average Bonchev–Trinajstić information content (AvgIpc) is 3.50. The number of benzene rings is 2. The van der Waals surface area contributed by atoms with Crippen LogP contribution in [0.15, 0.2) is 58.2 Å². The van der Waals surface area contributed by atoms with Crippen LogP contribution in [0.3, 0.4) is 0 Å². The maximum atomic E-state index is 13.8. The lowest BCUT2D eigenvalue weighted by atomic mass is 9.94. The van der Waals surface area contributed by atoms with Crippen LogP contribution in [0.4, 0.5) is 0 Å². The van der Waals surface area contributed by atoms with E-state index in [4.69, 9.17) is 23.4 Å². The number of fused-ring (bicyclic) bond motifs is 1. The van der Waals surface area contributed by atoms with Crippen LogP contribution in [0.1, 0.15) is 22.2 Å². The number of hydrogen-bond donors (Lipinski definition) is 1. The molecule has 10 heteroatoms. The Morgan fingerprint density at radius 1 is 1.00 bits per heavy atom. The predicted octanol–water partition coefficient (Wildman–Crippen LogP) is 3.37. The van der Waals surface area contributed by atoms with E-state index < -0.39 is 23.5 Å². The highest BCUT2D eigenvalue weighted by Gasteiger charge is 2.45. The van der Waals surface area contributed by atoms with Crippen molar-refractivity contribution in [3.05, 3.63) is 65.1 Å². The summed E-state index contributed by atoms with van der Waals surface area (Å²) < 4.78 is 27.8. The normalized spacial score (nSPS) is 18.3. The summed E-state index contributed by atoms with van der Waals surface area (Å²) in [6.45, 7) is 3.53. The van der Waals surface area contributed by atoms with Crippen LogP contribution in [0, 0.1) is 0 Å². The Hall–Kier alpha value is -4.02. The highest BCUT2D eigenvalue weighted by atomic mass is 16.5. The summed E-state index contributed by atoms with van der Waals surface area (Å²) in [4.78, 5) is 30.9. The largest absolute Gasteiger partial charge is 0.503 e. The molecule has 200 valence electrons. The molecule has 0 radical (unpaired) electrons. The molecule has 0 spiro atoms. The first-order chi connectivity index (χ1) is 18.5. The number of ketones is 1. The van der Waals surface area contributed by atoms with Gasteiger partial charge in [-0.15, -0.1) is 0 Å². The van der Waals surface area contributed by atoms with Crippen molar-refractivity contribution in [2.45, 2.75) is 6.04 Å². The quantitative estimate of drug-likeness (QED) is 0.423. The fourth-order valence-corrected chi connectivity index (χ4v) is 5.02. The van der Waals surface area contributed by atoms with E-state index >= 15 is 0 Å². The third-order valence-corrected chi connectivity index (χ3v) is 6.96. The van der Waals surface area contributed by atoms with Crippen LogP contribution in [-0.4, -0.2) is 87.3 Å². The summed E-state index contributed by atoms with van der Waals surface area (Å²) in [7, 11) is 4.48. The maximum absolute atomic E-state index is 13.8. The van der Waals surface area contributed by atoms with E-state index in [1.165, 1.54) is 26.2 Å². The number of morpholine rings is 1. The first-order valence-electron chi connectivity index (χ1n) is 12.3. The van der Waals surface area contributed by atoms with Crippen molar-refractivity contribution in [2.24, 2.45) is 0 Å². The number of aliphatic hydroxyl groups excluding tert-OH is 1. The Morgan fingerprint density at radius 3 is 2.32 bits per heavy atom. The van der Waals surface area contributed by atoms with Gasteiger partial charge in [0.15, 0.2) is 23.0 Å². The van der Waals surface area contributed by atoms with Gasteiger partial charge in [0.2, 0.25) is 11.5 Å². The molecule has 2 aromatic carbocycles. The third-order valence-electron chi connectivity index (χ3n) is 6.96. The highest BCUT2D eigenvalue weighted by Crippen LogP contribution is 2.45. The molecule has 0 bridgehead atoms. The van der Waals surface area contributed by atoms with Gasteiger partial charge in [-0.3, -0.25) is 14.5 Å². The Bertz CT molecular complexity index is 1330. The van der Waals surface area contributed by atoms with E-state index in [1.54, 1.807) is 24.3 Å². The number of rotatable bonds is 9. The Balaban J connectivity index is 1.58. The number of nitrogens with zero attached hydrogens (tertiary/aromatic N) is 2. The molecule has 0 unspecified atom stereocenters. The SMILES string of the molecule is COc1cc([C@@H]2C(C(=O)c3cc4ccccc4o3)=C(O)C(=O)N2CCN2CCOCC2)cc(OC)c1OC. The maximum Gasteiger partial charge on any atom is 0.290 e. The molecule has 0 saturated carbocycles. The second-order valence-electron chi connectivity index (χ2n) is 9.05. The first kappa shape index (κ1) is 25.6. The number of para-hydroxylation sites is 1. The van der Waals surface area contributed by atoms with E-state index in [1.807, 2.05) is 18.2 Å². The van der Waals surface area contributed by atoms with Gasteiger partial charge in [-0.1, -0.05) is 18.2 Å². The molecule has 1 fully saturated rings. The molecule has 1 amide bonds. The van der Waals surface area contributed by atoms with E-state index in [9.17, 15) is 14.7 Å². The zero-order valence-electron chi connectivity index (χ0n) is 21.6. The van der Waals surface area contributed by atoms with Crippen molar-refractivity contribution in [1.29, 1.82) is 0 Å². The molecular weight excluding hydrogens is 492 g/mol. The number of Topliss-reactive ketones (excluding diaryl/α,β-unsaturated/α-hetero) is 1. The van der Waals surface area contributed by atoms with Crippen LogP contribution in [0.2, 0.25) is 0 Å². The number of aliphatic hydroxyl groups is 1. The fourth-order valence-electron chi connectivity index (χ4n) is 5.02. The van der Waals surface area contributed by atoms with Gasteiger partial charge in [0, 0.05) is 31.6 Å². The first-order valence-corrected chi connectivity index (χ1v) is 12.3. The van der Waals surface area contributed by atoms with Crippen molar-refractivity contribution < 1.29 is 38.1 Å². The van der Waals surface area contributed by atoms with E-state index in [0.29, 0.717) is 48.2 Å². The van der Waals surface area contributed by atoms with Gasteiger partial charge in [-0.05, 0) is 29.8 Å². The van der Waals surface area contributed by atoms with E-state index in [2.05, 4.69) is 4.90 Å². The Labute approximate surface area is 219 Å². The molecular formula is C28H30N2O8. The predicted molar refractivity (Wildman–Crippen MR) is 138 cm³/mol. The lowest BCUT2D eigenvalue weighted by Crippen LogP contribution is -2.43. The molecule has 1 atom stereocenters. The number of furan rings is 1. The molecule has 5 rings (SSSR count). The van der Waals surface area contributed by atoms with Gasteiger partial charge in [0.25, 0.3) is 5.91 Å². The number of methoxy groups -OCH3 is 3. The minimum absolute atomic E-state index is 0.0352. The minimum Gasteiger partial charge on any atom is -0.503 e. The zero-order valence-corrected chi connectivity index (χ0v) is 21.6. The monoisotopic (exact) mass is 522 g/mol.